The number of hydrogen-bond donors (Lipinski definition) is 1. The standard InChI is InChI=1S/C30H35N5O5S/c1-21(2)16-35(29(38)23-6-4-3-5-7-23)18-27(36)32-30-31-24(19-41-30)15-28(37)34-12-10-33(11-13-34)17-22-8-9-25-26(14-22)40-20-39-25/h3-9,14,19,21H,10-13,15-18,20H2,1-2H3,(H,31,32,36). The zero-order valence-corrected chi connectivity index (χ0v) is 24.2. The molecule has 0 spiro atoms. The molecular weight excluding hydrogens is 542 g/mol. The Morgan fingerprint density at radius 1 is 1.02 bits per heavy atom. The van der Waals surface area contributed by atoms with E-state index in [9.17, 15) is 14.4 Å². The molecule has 1 saturated heterocycles. The summed E-state index contributed by atoms with van der Waals surface area (Å²) in [6.07, 6.45) is 0.181. The van der Waals surface area contributed by atoms with Crippen molar-refractivity contribution in [3.05, 3.63) is 70.7 Å². The van der Waals surface area contributed by atoms with Crippen LogP contribution in [0.4, 0.5) is 5.13 Å². The SMILES string of the molecule is CC(C)CN(CC(=O)Nc1nc(CC(=O)N2CCN(Cc3ccc4c(c3)OCO4)CC2)cs1)C(=O)c1ccccc1. The van der Waals surface area contributed by atoms with Crippen molar-refractivity contribution < 1.29 is 23.9 Å². The van der Waals surface area contributed by atoms with E-state index in [1.807, 2.05) is 43.0 Å². The van der Waals surface area contributed by atoms with E-state index in [1.165, 1.54) is 11.3 Å². The second kappa shape index (κ2) is 13.1. The Kier molecular flexibility index (Phi) is 9.15. The summed E-state index contributed by atoms with van der Waals surface area (Å²) >= 11 is 1.28. The van der Waals surface area contributed by atoms with Crippen LogP contribution in [0.5, 0.6) is 11.5 Å². The van der Waals surface area contributed by atoms with E-state index in [2.05, 4.69) is 15.2 Å². The third kappa shape index (κ3) is 7.62. The van der Waals surface area contributed by atoms with Gasteiger partial charge in [0.1, 0.15) is 6.54 Å². The van der Waals surface area contributed by atoms with Crippen LogP contribution in [0.2, 0.25) is 0 Å². The number of nitrogens with zero attached hydrogens (tertiary/aromatic N) is 4. The van der Waals surface area contributed by atoms with E-state index in [4.69, 9.17) is 9.47 Å². The lowest BCUT2D eigenvalue weighted by Crippen LogP contribution is -2.48. The van der Waals surface area contributed by atoms with E-state index in [0.29, 0.717) is 36.0 Å². The number of amides is 3. The quantitative estimate of drug-likeness (QED) is 0.393. The molecule has 10 nitrogen and oxygen atoms in total. The summed E-state index contributed by atoms with van der Waals surface area (Å²) in [4.78, 5) is 48.9. The number of anilines is 1. The van der Waals surface area contributed by atoms with Crippen molar-refractivity contribution in [2.45, 2.75) is 26.8 Å². The number of aromatic nitrogens is 1. The van der Waals surface area contributed by atoms with Gasteiger partial charge in [-0.3, -0.25) is 19.3 Å². The Morgan fingerprint density at radius 2 is 1.78 bits per heavy atom. The van der Waals surface area contributed by atoms with E-state index in [0.717, 1.165) is 36.7 Å². The van der Waals surface area contributed by atoms with Gasteiger partial charge in [-0.1, -0.05) is 38.1 Å². The maximum atomic E-state index is 13.0. The Labute approximate surface area is 243 Å². The summed E-state index contributed by atoms with van der Waals surface area (Å²) in [6.45, 7) is 8.33. The Balaban J connectivity index is 1.08. The molecule has 3 aromatic rings. The second-order valence-electron chi connectivity index (χ2n) is 10.7. The van der Waals surface area contributed by atoms with Gasteiger partial charge in [0.05, 0.1) is 12.1 Å². The zero-order valence-electron chi connectivity index (χ0n) is 23.4. The summed E-state index contributed by atoms with van der Waals surface area (Å²) in [5.41, 5.74) is 2.32. The van der Waals surface area contributed by atoms with E-state index in [-0.39, 0.29) is 43.4 Å². The smallest absolute Gasteiger partial charge is 0.254 e. The first-order valence-electron chi connectivity index (χ1n) is 13.8. The lowest BCUT2D eigenvalue weighted by molar-refractivity contribution is -0.132. The number of nitrogens with one attached hydrogen (secondary N) is 1. The minimum Gasteiger partial charge on any atom is -0.454 e. The molecule has 3 heterocycles. The molecule has 5 rings (SSSR count). The molecule has 1 fully saturated rings. The van der Waals surface area contributed by atoms with Crippen molar-refractivity contribution in [3.8, 4) is 11.5 Å². The molecule has 216 valence electrons. The number of rotatable bonds is 10. The van der Waals surface area contributed by atoms with Crippen LogP contribution in [0.25, 0.3) is 0 Å². The number of carbonyl (C=O) groups is 3. The van der Waals surface area contributed by atoms with Crippen LogP contribution in [-0.2, 0) is 22.6 Å². The van der Waals surface area contributed by atoms with E-state index < -0.39 is 0 Å². The van der Waals surface area contributed by atoms with Gasteiger partial charge in [0.15, 0.2) is 16.6 Å². The molecule has 0 saturated carbocycles. The van der Waals surface area contributed by atoms with Gasteiger partial charge >= 0.3 is 0 Å². The highest BCUT2D eigenvalue weighted by Gasteiger charge is 2.24. The van der Waals surface area contributed by atoms with Gasteiger partial charge in [-0.15, -0.1) is 11.3 Å². The van der Waals surface area contributed by atoms with Crippen molar-refractivity contribution in [2.75, 3.05) is 51.4 Å². The molecular formula is C30H35N5O5S. The molecule has 3 amide bonds. The molecule has 11 heteroatoms. The van der Waals surface area contributed by atoms with Crippen LogP contribution in [-0.4, -0.2) is 83.5 Å². The zero-order chi connectivity index (χ0) is 28.8. The van der Waals surface area contributed by atoms with Crippen LogP contribution in [0, 0.1) is 5.92 Å². The topological polar surface area (TPSA) is 104 Å². The maximum Gasteiger partial charge on any atom is 0.254 e. The first-order valence-corrected chi connectivity index (χ1v) is 14.7. The number of piperazine rings is 1. The first kappa shape index (κ1) is 28.6. The maximum absolute atomic E-state index is 13.0. The third-order valence-corrected chi connectivity index (χ3v) is 7.73. The molecule has 0 radical (unpaired) electrons. The molecule has 1 N–H and O–H groups in total. The van der Waals surface area contributed by atoms with Gasteiger partial charge in [-0.2, -0.15) is 0 Å². The molecule has 2 aliphatic rings. The lowest BCUT2D eigenvalue weighted by atomic mass is 10.1. The third-order valence-electron chi connectivity index (χ3n) is 6.93. The summed E-state index contributed by atoms with van der Waals surface area (Å²) in [7, 11) is 0. The molecule has 0 aliphatic carbocycles. The average Bonchev–Trinajstić information content (AvgIpc) is 3.61. The predicted octanol–water partition coefficient (Wildman–Crippen LogP) is 3.50. The molecule has 0 bridgehead atoms. The van der Waals surface area contributed by atoms with Gasteiger partial charge in [-0.25, -0.2) is 4.98 Å². The molecule has 0 unspecified atom stereocenters. The molecule has 41 heavy (non-hydrogen) atoms. The number of ether oxygens (including phenoxy) is 2. The second-order valence-corrected chi connectivity index (χ2v) is 11.5. The highest BCUT2D eigenvalue weighted by atomic mass is 32.1. The minimum atomic E-state index is -0.319. The number of carbonyl (C=O) groups excluding carboxylic acids is 3. The first-order chi connectivity index (χ1) is 19.8. The average molecular weight is 578 g/mol. The largest absolute Gasteiger partial charge is 0.454 e. The van der Waals surface area contributed by atoms with Gasteiger partial charge < -0.3 is 24.6 Å². The normalized spacial score (nSPS) is 14.8. The highest BCUT2D eigenvalue weighted by Crippen LogP contribution is 2.33. The van der Waals surface area contributed by atoms with Crippen LogP contribution >= 0.6 is 11.3 Å². The molecule has 2 aliphatic heterocycles. The molecule has 2 aromatic carbocycles. The van der Waals surface area contributed by atoms with Gasteiger partial charge in [0.25, 0.3) is 5.91 Å². The Morgan fingerprint density at radius 3 is 2.54 bits per heavy atom. The van der Waals surface area contributed by atoms with Crippen molar-refractivity contribution in [1.29, 1.82) is 0 Å². The minimum absolute atomic E-state index is 0.0208. The number of thiazole rings is 1. The Hall–Kier alpha value is -3.96. The fourth-order valence-electron chi connectivity index (χ4n) is 4.92. The summed E-state index contributed by atoms with van der Waals surface area (Å²) < 4.78 is 10.9. The fraction of sp³-hybridized carbons (Fsp3) is 0.400. The number of hydrogen-bond acceptors (Lipinski definition) is 8. The van der Waals surface area contributed by atoms with Crippen molar-refractivity contribution in [3.63, 3.8) is 0 Å². The summed E-state index contributed by atoms with van der Waals surface area (Å²) in [5.74, 6) is 1.28. The summed E-state index contributed by atoms with van der Waals surface area (Å²) in [6, 6.07) is 15.0. The van der Waals surface area contributed by atoms with Crippen LogP contribution in [0.15, 0.2) is 53.9 Å². The van der Waals surface area contributed by atoms with Crippen LogP contribution < -0.4 is 14.8 Å². The van der Waals surface area contributed by atoms with Gasteiger partial charge in [0.2, 0.25) is 18.6 Å². The van der Waals surface area contributed by atoms with Gasteiger partial charge in [-0.05, 0) is 35.7 Å². The van der Waals surface area contributed by atoms with E-state index in [1.54, 1.807) is 34.5 Å². The van der Waals surface area contributed by atoms with Crippen molar-refractivity contribution in [2.24, 2.45) is 5.92 Å². The van der Waals surface area contributed by atoms with E-state index >= 15 is 0 Å². The van der Waals surface area contributed by atoms with Crippen LogP contribution in [0.1, 0.15) is 35.5 Å². The van der Waals surface area contributed by atoms with Gasteiger partial charge in [0, 0.05) is 50.2 Å². The number of benzene rings is 2. The molecule has 0 atom stereocenters. The number of fused-ring (bicyclic) bond motifs is 1. The highest BCUT2D eigenvalue weighted by molar-refractivity contribution is 7.13. The summed E-state index contributed by atoms with van der Waals surface area (Å²) in [5, 5.41) is 5.01. The van der Waals surface area contributed by atoms with Crippen LogP contribution in [0.3, 0.4) is 0 Å². The molecule has 1 aromatic heterocycles. The fourth-order valence-corrected chi connectivity index (χ4v) is 5.65. The monoisotopic (exact) mass is 577 g/mol. The lowest BCUT2D eigenvalue weighted by Gasteiger charge is -2.34. The van der Waals surface area contributed by atoms with Crippen molar-refractivity contribution >= 4 is 34.2 Å². The van der Waals surface area contributed by atoms with Crippen molar-refractivity contribution in [1.82, 2.24) is 19.7 Å². The Bertz CT molecular complexity index is 1370. The predicted molar refractivity (Wildman–Crippen MR) is 156 cm³/mol.